The van der Waals surface area contributed by atoms with Crippen LogP contribution >= 0.6 is 0 Å². The minimum absolute atomic E-state index is 0.116. The van der Waals surface area contributed by atoms with Crippen LogP contribution in [-0.2, 0) is 6.54 Å². The molecule has 1 aliphatic rings. The van der Waals surface area contributed by atoms with Crippen molar-refractivity contribution in [2.45, 2.75) is 51.3 Å². The number of hydrogen-bond donors (Lipinski definition) is 1. The van der Waals surface area contributed by atoms with E-state index in [1.165, 1.54) is 6.07 Å². The van der Waals surface area contributed by atoms with Crippen molar-refractivity contribution < 1.29 is 19.0 Å². The maximum Gasteiger partial charge on any atom is 0.227 e. The number of benzene rings is 3. The predicted octanol–water partition coefficient (Wildman–Crippen LogP) is 6.33. The molecular weight excluding hydrogens is 481 g/mol. The fourth-order valence-electron chi connectivity index (χ4n) is 4.56. The van der Waals surface area contributed by atoms with E-state index in [1.54, 1.807) is 22.9 Å². The predicted molar refractivity (Wildman–Crippen MR) is 146 cm³/mol. The second kappa shape index (κ2) is 11.8. The van der Waals surface area contributed by atoms with Gasteiger partial charge in [0.1, 0.15) is 18.5 Å². The quantitative estimate of drug-likeness (QED) is 0.239. The van der Waals surface area contributed by atoms with Crippen LogP contribution in [0, 0.1) is 5.82 Å². The molecule has 38 heavy (non-hydrogen) atoms. The molecule has 0 saturated heterocycles. The number of hydrogen-bond acceptors (Lipinski definition) is 5. The lowest BCUT2D eigenvalue weighted by molar-refractivity contribution is 0.0623. The van der Waals surface area contributed by atoms with Gasteiger partial charge in [-0.15, -0.1) is 0 Å². The van der Waals surface area contributed by atoms with Crippen LogP contribution in [0.2, 0.25) is 0 Å². The van der Waals surface area contributed by atoms with Crippen molar-refractivity contribution in [3.63, 3.8) is 0 Å². The Labute approximate surface area is 223 Å². The molecule has 6 nitrogen and oxygen atoms in total. The van der Waals surface area contributed by atoms with Crippen LogP contribution in [0.3, 0.4) is 0 Å². The zero-order valence-corrected chi connectivity index (χ0v) is 21.8. The molecule has 1 aromatic heterocycles. The van der Waals surface area contributed by atoms with Gasteiger partial charge in [-0.05, 0) is 55.2 Å². The molecule has 0 bridgehead atoms. The van der Waals surface area contributed by atoms with E-state index in [0.29, 0.717) is 25.0 Å². The number of para-hydroxylation sites is 3. The van der Waals surface area contributed by atoms with Gasteiger partial charge in [-0.25, -0.2) is 9.07 Å². The zero-order chi connectivity index (χ0) is 26.5. The van der Waals surface area contributed by atoms with Gasteiger partial charge in [-0.3, -0.25) is 4.90 Å². The number of nitrogens with zero attached hydrogens (tertiary/aromatic N) is 3. The molecule has 0 amide bonds. The van der Waals surface area contributed by atoms with Crippen LogP contribution in [-0.4, -0.2) is 45.1 Å². The van der Waals surface area contributed by atoms with Gasteiger partial charge >= 0.3 is 0 Å². The zero-order valence-electron chi connectivity index (χ0n) is 21.8. The third kappa shape index (κ3) is 6.23. The summed E-state index contributed by atoms with van der Waals surface area (Å²) in [5.41, 5.74) is 2.62. The molecule has 0 radical (unpaired) electrons. The topological polar surface area (TPSA) is 59.8 Å². The SMILES string of the molecule is CC(C)c1nn(-c2ccccc2)c(Oc2ccccc2F)c1CN(CC(O)COc1ccccc1)C1CC1. The van der Waals surface area contributed by atoms with Crippen LogP contribution < -0.4 is 9.47 Å². The molecule has 3 aromatic carbocycles. The third-order valence-electron chi connectivity index (χ3n) is 6.61. The maximum atomic E-state index is 14.7. The summed E-state index contributed by atoms with van der Waals surface area (Å²) in [5, 5.41) is 15.8. The minimum atomic E-state index is -0.668. The highest BCUT2D eigenvalue weighted by Crippen LogP contribution is 2.38. The monoisotopic (exact) mass is 515 g/mol. The first kappa shape index (κ1) is 25.9. The number of aliphatic hydroxyl groups excluding tert-OH is 1. The summed E-state index contributed by atoms with van der Waals surface area (Å²) < 4.78 is 28.5. The highest BCUT2D eigenvalue weighted by Gasteiger charge is 2.34. The number of ether oxygens (including phenoxy) is 2. The summed E-state index contributed by atoms with van der Waals surface area (Å²) in [4.78, 5) is 2.27. The Morgan fingerprint density at radius 2 is 1.63 bits per heavy atom. The van der Waals surface area contributed by atoms with Gasteiger partial charge in [0.2, 0.25) is 5.88 Å². The Balaban J connectivity index is 1.45. The van der Waals surface area contributed by atoms with Crippen LogP contribution in [0.15, 0.2) is 84.9 Å². The van der Waals surface area contributed by atoms with Gasteiger partial charge in [0, 0.05) is 19.1 Å². The fourth-order valence-corrected chi connectivity index (χ4v) is 4.56. The van der Waals surface area contributed by atoms with Crippen LogP contribution in [0.25, 0.3) is 5.69 Å². The maximum absolute atomic E-state index is 14.7. The number of aliphatic hydroxyl groups is 1. The van der Waals surface area contributed by atoms with Crippen molar-refractivity contribution >= 4 is 0 Å². The van der Waals surface area contributed by atoms with Crippen molar-refractivity contribution in [1.29, 1.82) is 0 Å². The van der Waals surface area contributed by atoms with Crippen LogP contribution in [0.1, 0.15) is 43.9 Å². The van der Waals surface area contributed by atoms with E-state index in [1.807, 2.05) is 60.7 Å². The van der Waals surface area contributed by atoms with E-state index in [-0.39, 0.29) is 18.3 Å². The largest absolute Gasteiger partial charge is 0.491 e. The molecular formula is C31H34FN3O3. The van der Waals surface area contributed by atoms with E-state index in [2.05, 4.69) is 18.7 Å². The van der Waals surface area contributed by atoms with Crippen molar-refractivity contribution in [3.8, 4) is 23.1 Å². The Morgan fingerprint density at radius 3 is 2.29 bits per heavy atom. The van der Waals surface area contributed by atoms with Crippen LogP contribution in [0.5, 0.6) is 17.4 Å². The molecule has 1 fully saturated rings. The van der Waals surface area contributed by atoms with Gasteiger partial charge in [0.25, 0.3) is 0 Å². The Hall–Kier alpha value is -3.68. The normalized spacial score (nSPS) is 14.2. The minimum Gasteiger partial charge on any atom is -0.491 e. The molecule has 1 saturated carbocycles. The first-order chi connectivity index (χ1) is 18.5. The molecule has 1 heterocycles. The summed E-state index contributed by atoms with van der Waals surface area (Å²) in [6.45, 7) is 5.37. The molecule has 198 valence electrons. The smallest absolute Gasteiger partial charge is 0.227 e. The molecule has 1 atom stereocenters. The Bertz CT molecular complexity index is 1320. The summed E-state index contributed by atoms with van der Waals surface area (Å²) in [5.74, 6) is 1.06. The van der Waals surface area contributed by atoms with Gasteiger partial charge < -0.3 is 14.6 Å². The highest BCUT2D eigenvalue weighted by molar-refractivity contribution is 5.44. The number of aromatic nitrogens is 2. The number of rotatable bonds is 12. The molecule has 1 N–H and O–H groups in total. The van der Waals surface area contributed by atoms with Crippen molar-refractivity contribution in [3.05, 3.63) is 102 Å². The lowest BCUT2D eigenvalue weighted by atomic mass is 10.1. The van der Waals surface area contributed by atoms with E-state index in [0.717, 1.165) is 35.5 Å². The second-order valence-electron chi connectivity index (χ2n) is 10.0. The lowest BCUT2D eigenvalue weighted by Crippen LogP contribution is -2.37. The number of halogens is 1. The first-order valence-electron chi connectivity index (χ1n) is 13.2. The summed E-state index contributed by atoms with van der Waals surface area (Å²) in [6, 6.07) is 26.0. The fraction of sp³-hybridized carbons (Fsp3) is 0.323. The average molecular weight is 516 g/mol. The van der Waals surface area contributed by atoms with E-state index in [9.17, 15) is 9.50 Å². The van der Waals surface area contributed by atoms with Gasteiger partial charge in [-0.1, -0.05) is 62.4 Å². The molecule has 1 unspecified atom stereocenters. The standard InChI is InChI=1S/C31H34FN3O3/c1-22(2)30-27(20-34(23-17-18-23)19-25(36)21-37-26-13-7-4-8-14-26)31(38-29-16-10-9-15-28(29)32)35(33-30)24-11-5-3-6-12-24/h3-16,22-23,25,36H,17-21H2,1-2H3. The molecule has 1 aliphatic carbocycles. The second-order valence-corrected chi connectivity index (χ2v) is 10.0. The molecule has 0 aliphatic heterocycles. The Kier molecular flexibility index (Phi) is 8.05. The van der Waals surface area contributed by atoms with Crippen LogP contribution in [0.4, 0.5) is 4.39 Å². The van der Waals surface area contributed by atoms with Gasteiger partial charge in [0.05, 0.1) is 16.9 Å². The Morgan fingerprint density at radius 1 is 0.974 bits per heavy atom. The van der Waals surface area contributed by atoms with E-state index >= 15 is 0 Å². The first-order valence-corrected chi connectivity index (χ1v) is 13.2. The molecule has 7 heteroatoms. The average Bonchev–Trinajstić information content (AvgIpc) is 3.72. The van der Waals surface area contributed by atoms with Crippen molar-refractivity contribution in [2.75, 3.05) is 13.2 Å². The molecule has 5 rings (SSSR count). The molecule has 4 aromatic rings. The van der Waals surface area contributed by atoms with Crippen molar-refractivity contribution in [1.82, 2.24) is 14.7 Å². The molecule has 0 spiro atoms. The summed E-state index contributed by atoms with van der Waals surface area (Å²) in [6.07, 6.45) is 1.47. The lowest BCUT2D eigenvalue weighted by Gasteiger charge is -2.26. The van der Waals surface area contributed by atoms with E-state index in [4.69, 9.17) is 14.6 Å². The summed E-state index contributed by atoms with van der Waals surface area (Å²) >= 11 is 0. The third-order valence-corrected chi connectivity index (χ3v) is 6.61. The van der Waals surface area contributed by atoms with Gasteiger partial charge in [-0.2, -0.15) is 5.10 Å². The van der Waals surface area contributed by atoms with Gasteiger partial charge in [0.15, 0.2) is 11.6 Å². The van der Waals surface area contributed by atoms with E-state index < -0.39 is 11.9 Å². The van der Waals surface area contributed by atoms with Crippen molar-refractivity contribution in [2.24, 2.45) is 0 Å². The summed E-state index contributed by atoms with van der Waals surface area (Å²) in [7, 11) is 0. The highest BCUT2D eigenvalue weighted by atomic mass is 19.1.